The first-order chi connectivity index (χ1) is 16.7. The van der Waals surface area contributed by atoms with Gasteiger partial charge in [0.15, 0.2) is 17.5 Å². The van der Waals surface area contributed by atoms with Crippen LogP contribution in [0.15, 0.2) is 78.9 Å². The van der Waals surface area contributed by atoms with Gasteiger partial charge in [0.2, 0.25) is 0 Å². The summed E-state index contributed by atoms with van der Waals surface area (Å²) in [5.74, 6) is -9.35. The highest BCUT2D eigenvalue weighted by Gasteiger charge is 2.23. The maximum Gasteiger partial charge on any atom is 0.349 e. The van der Waals surface area contributed by atoms with Crippen LogP contribution in [-0.4, -0.2) is 5.97 Å². The van der Waals surface area contributed by atoms with E-state index in [1.807, 2.05) is 30.3 Å². The third-order valence-electron chi connectivity index (χ3n) is 5.61. The lowest BCUT2D eigenvalue weighted by Crippen LogP contribution is -2.14. The Kier molecular flexibility index (Phi) is 6.96. The number of carbonyl (C=O) groups excluding carboxylic acids is 1. The predicted octanol–water partition coefficient (Wildman–Crippen LogP) is 7.61. The molecule has 0 saturated heterocycles. The van der Waals surface area contributed by atoms with Crippen LogP contribution in [0.25, 0.3) is 11.1 Å². The lowest BCUT2D eigenvalue weighted by molar-refractivity contribution is 0.0723. The van der Waals surface area contributed by atoms with E-state index in [1.54, 1.807) is 12.1 Å². The number of carbonyl (C=O) groups is 1. The molecule has 4 aromatic rings. The van der Waals surface area contributed by atoms with E-state index in [0.29, 0.717) is 17.7 Å². The summed E-state index contributed by atoms with van der Waals surface area (Å²) in [7, 11) is 0. The molecule has 0 aliphatic rings. The number of hydrogen-bond donors (Lipinski definition) is 0. The van der Waals surface area contributed by atoms with E-state index in [9.17, 15) is 26.7 Å². The maximum absolute atomic E-state index is 14.7. The van der Waals surface area contributed by atoms with E-state index in [0.717, 1.165) is 24.1 Å². The second-order valence-electron chi connectivity index (χ2n) is 8.12. The number of esters is 1. The lowest BCUT2D eigenvalue weighted by Gasteiger charge is -2.13. The van der Waals surface area contributed by atoms with Crippen LogP contribution in [0.5, 0.6) is 5.75 Å². The Labute approximate surface area is 198 Å². The first kappa shape index (κ1) is 24.1. The third kappa shape index (κ3) is 5.40. The summed E-state index contributed by atoms with van der Waals surface area (Å²) in [6, 6.07) is 19.9. The summed E-state index contributed by atoms with van der Waals surface area (Å²) < 4.78 is 73.7. The summed E-state index contributed by atoms with van der Waals surface area (Å²) in [4.78, 5) is 12.2. The first-order valence-electron chi connectivity index (χ1n) is 10.7. The molecule has 0 aliphatic heterocycles. The smallest absolute Gasteiger partial charge is 0.349 e. The monoisotopic (exact) mass is 482 g/mol. The molecule has 0 saturated carbocycles. The van der Waals surface area contributed by atoms with Gasteiger partial charge in [0.05, 0.1) is 0 Å². The Hall–Kier alpha value is -4.00. The minimum absolute atomic E-state index is 0.193. The average Bonchev–Trinajstić information content (AvgIpc) is 2.83. The number of benzene rings is 4. The van der Waals surface area contributed by atoms with Gasteiger partial charge in [-0.1, -0.05) is 61.5 Å². The van der Waals surface area contributed by atoms with Crippen LogP contribution < -0.4 is 4.74 Å². The van der Waals surface area contributed by atoms with Crippen LogP contribution >= 0.6 is 0 Å². The Morgan fingerprint density at radius 1 is 0.743 bits per heavy atom. The Balaban J connectivity index is 1.52. The summed E-state index contributed by atoms with van der Waals surface area (Å²) in [5.41, 5.74) is 1.94. The molecular formula is C28H19F5O2. The highest BCUT2D eigenvalue weighted by Crippen LogP contribution is 2.28. The van der Waals surface area contributed by atoms with E-state index in [-0.39, 0.29) is 11.5 Å². The second-order valence-corrected chi connectivity index (χ2v) is 8.12. The van der Waals surface area contributed by atoms with Crippen molar-refractivity contribution < 1.29 is 31.5 Å². The molecule has 0 heterocycles. The zero-order valence-electron chi connectivity index (χ0n) is 18.5. The number of halogens is 5. The fraction of sp³-hybridized carbons (Fsp3) is 0.107. The van der Waals surface area contributed by atoms with Crippen molar-refractivity contribution in [2.24, 2.45) is 0 Å². The molecule has 0 aliphatic carbocycles. The van der Waals surface area contributed by atoms with E-state index in [4.69, 9.17) is 0 Å². The Morgan fingerprint density at radius 3 is 1.89 bits per heavy atom. The molecule has 2 nitrogen and oxygen atoms in total. The van der Waals surface area contributed by atoms with Crippen molar-refractivity contribution in [3.63, 3.8) is 0 Å². The molecule has 1 atom stereocenters. The molecule has 178 valence electrons. The maximum atomic E-state index is 14.7. The highest BCUT2D eigenvalue weighted by atomic mass is 19.2. The van der Waals surface area contributed by atoms with Crippen LogP contribution in [0, 0.1) is 29.1 Å². The molecule has 0 unspecified atom stereocenters. The minimum Gasteiger partial charge on any atom is -0.423 e. The first-order valence-corrected chi connectivity index (χ1v) is 10.7. The molecule has 4 rings (SSSR count). The Bertz CT molecular complexity index is 1320. The third-order valence-corrected chi connectivity index (χ3v) is 5.61. The summed E-state index contributed by atoms with van der Waals surface area (Å²) in [6.07, 6.45) is 0.780. The molecule has 0 aromatic heterocycles. The zero-order chi connectivity index (χ0) is 25.1. The highest BCUT2D eigenvalue weighted by molar-refractivity contribution is 5.92. The van der Waals surface area contributed by atoms with Gasteiger partial charge >= 0.3 is 5.97 Å². The molecule has 7 heteroatoms. The molecule has 0 N–H and O–H groups in total. The van der Waals surface area contributed by atoms with Crippen molar-refractivity contribution in [3.05, 3.63) is 125 Å². The van der Waals surface area contributed by atoms with Crippen molar-refractivity contribution in [2.45, 2.75) is 19.3 Å². The zero-order valence-corrected chi connectivity index (χ0v) is 18.5. The van der Waals surface area contributed by atoms with Gasteiger partial charge in [-0.3, -0.25) is 0 Å². The van der Waals surface area contributed by atoms with Crippen LogP contribution in [0.4, 0.5) is 22.0 Å². The molecule has 0 spiro atoms. The number of rotatable bonds is 6. The van der Waals surface area contributed by atoms with Crippen molar-refractivity contribution >= 4 is 5.97 Å². The number of ether oxygens (including phenoxy) is 1. The van der Waals surface area contributed by atoms with Gasteiger partial charge in [0.25, 0.3) is 0 Å². The van der Waals surface area contributed by atoms with Crippen LogP contribution in [-0.2, 0) is 6.42 Å². The standard InChI is InChI=1S/C28H19F5O2/c1-16(18-5-3-2-4-6-18)11-17-7-9-19(10-8-17)20-12-22(29)26(23(30)13-20)28(34)35-21-14-24(31)27(33)25(32)15-21/h2-10,12-16H,11H2,1H3/t16-/m0/s1. The summed E-state index contributed by atoms with van der Waals surface area (Å²) >= 11 is 0. The second kappa shape index (κ2) is 10.1. The van der Waals surface area contributed by atoms with Gasteiger partial charge < -0.3 is 4.74 Å². The van der Waals surface area contributed by atoms with Gasteiger partial charge in [-0.15, -0.1) is 0 Å². The van der Waals surface area contributed by atoms with E-state index >= 15 is 0 Å². The molecule has 0 fully saturated rings. The molecular weight excluding hydrogens is 463 g/mol. The van der Waals surface area contributed by atoms with Crippen LogP contribution in [0.3, 0.4) is 0 Å². The number of hydrogen-bond acceptors (Lipinski definition) is 2. The van der Waals surface area contributed by atoms with E-state index < -0.39 is 46.4 Å². The quantitative estimate of drug-likeness (QED) is 0.122. The predicted molar refractivity (Wildman–Crippen MR) is 122 cm³/mol. The van der Waals surface area contributed by atoms with Gasteiger partial charge in [-0.05, 0) is 46.7 Å². The van der Waals surface area contributed by atoms with Crippen molar-refractivity contribution in [1.82, 2.24) is 0 Å². The van der Waals surface area contributed by atoms with Gasteiger partial charge in [-0.25, -0.2) is 26.7 Å². The van der Waals surface area contributed by atoms with E-state index in [1.165, 1.54) is 5.56 Å². The normalized spacial score (nSPS) is 11.8. The van der Waals surface area contributed by atoms with Crippen molar-refractivity contribution in [2.75, 3.05) is 0 Å². The fourth-order valence-electron chi connectivity index (χ4n) is 3.77. The largest absolute Gasteiger partial charge is 0.423 e. The fourth-order valence-corrected chi connectivity index (χ4v) is 3.77. The van der Waals surface area contributed by atoms with Gasteiger partial charge in [0, 0.05) is 12.1 Å². The lowest BCUT2D eigenvalue weighted by atomic mass is 9.93. The Morgan fingerprint density at radius 2 is 1.31 bits per heavy atom. The van der Waals surface area contributed by atoms with Crippen molar-refractivity contribution in [1.29, 1.82) is 0 Å². The molecule has 0 radical (unpaired) electrons. The topological polar surface area (TPSA) is 26.3 Å². The van der Waals surface area contributed by atoms with Crippen molar-refractivity contribution in [3.8, 4) is 16.9 Å². The summed E-state index contributed by atoms with van der Waals surface area (Å²) in [6.45, 7) is 2.11. The SMILES string of the molecule is C[C@@H](Cc1ccc(-c2cc(F)c(C(=O)Oc3cc(F)c(F)c(F)c3)c(F)c2)cc1)c1ccccc1. The van der Waals surface area contributed by atoms with Gasteiger partial charge in [-0.2, -0.15) is 0 Å². The van der Waals surface area contributed by atoms with Crippen LogP contribution in [0.1, 0.15) is 34.3 Å². The molecule has 0 bridgehead atoms. The van der Waals surface area contributed by atoms with Gasteiger partial charge in [0.1, 0.15) is 22.9 Å². The molecule has 0 amide bonds. The van der Waals surface area contributed by atoms with E-state index in [2.05, 4.69) is 23.8 Å². The minimum atomic E-state index is -1.76. The summed E-state index contributed by atoms with van der Waals surface area (Å²) in [5, 5.41) is 0. The molecule has 4 aromatic carbocycles. The molecule has 35 heavy (non-hydrogen) atoms. The van der Waals surface area contributed by atoms with Crippen LogP contribution in [0.2, 0.25) is 0 Å². The average molecular weight is 482 g/mol.